The fraction of sp³-hybridized carbons (Fsp3) is 0.440. The molecule has 0 fully saturated rings. The molecule has 36 heavy (non-hydrogen) atoms. The van der Waals surface area contributed by atoms with Gasteiger partial charge in [0.15, 0.2) is 11.6 Å². The maximum absolute atomic E-state index is 13.7. The van der Waals surface area contributed by atoms with Gasteiger partial charge in [0.05, 0.1) is 19.1 Å². The first-order chi connectivity index (χ1) is 17.0. The lowest BCUT2D eigenvalue weighted by Gasteiger charge is -2.29. The normalized spacial score (nSPS) is 12.1. The highest BCUT2D eigenvalue weighted by molar-refractivity contribution is 7.92. The molecule has 11 heteroatoms. The van der Waals surface area contributed by atoms with Gasteiger partial charge >= 0.3 is 0 Å². The van der Waals surface area contributed by atoms with E-state index in [2.05, 4.69) is 5.32 Å². The standard InChI is InChI=1S/C25H33F2N3O5S/c1-5-13-28-25(32)18(2)29(17-19-8-6-9-21(15-19)35-3)24(31)10-7-14-30(36(4,33)34)20-11-12-22(26)23(27)16-20/h6,8-9,11-12,15-16,18H,5,7,10,13-14,17H2,1-4H3,(H,28,32)/t18-/m1/s1. The first kappa shape index (κ1) is 29.0. The van der Waals surface area contributed by atoms with Crippen molar-refractivity contribution in [3.05, 3.63) is 59.7 Å². The summed E-state index contributed by atoms with van der Waals surface area (Å²) in [5.74, 6) is -2.30. The number of nitrogens with one attached hydrogen (secondary N) is 1. The van der Waals surface area contributed by atoms with Crippen molar-refractivity contribution in [2.75, 3.05) is 30.8 Å². The van der Waals surface area contributed by atoms with Crippen LogP contribution in [0.3, 0.4) is 0 Å². The van der Waals surface area contributed by atoms with E-state index in [1.54, 1.807) is 25.1 Å². The average Bonchev–Trinajstić information content (AvgIpc) is 2.84. The Bertz CT molecular complexity index is 1160. The molecule has 0 spiro atoms. The van der Waals surface area contributed by atoms with Crippen LogP contribution in [0.25, 0.3) is 0 Å². The monoisotopic (exact) mass is 525 g/mol. The topological polar surface area (TPSA) is 96.0 Å². The predicted molar refractivity (Wildman–Crippen MR) is 134 cm³/mol. The molecule has 0 aliphatic carbocycles. The lowest BCUT2D eigenvalue weighted by Crippen LogP contribution is -2.47. The second-order valence-corrected chi connectivity index (χ2v) is 10.3. The van der Waals surface area contributed by atoms with Crippen LogP contribution in [0.1, 0.15) is 38.7 Å². The molecular formula is C25H33F2N3O5S. The third-order valence-electron chi connectivity index (χ3n) is 5.55. The van der Waals surface area contributed by atoms with Crippen molar-refractivity contribution < 1.29 is 31.5 Å². The molecule has 0 aromatic heterocycles. The van der Waals surface area contributed by atoms with E-state index in [1.807, 2.05) is 13.0 Å². The minimum Gasteiger partial charge on any atom is -0.497 e. The molecule has 1 N–H and O–H groups in total. The Balaban J connectivity index is 2.19. The molecule has 0 bridgehead atoms. The van der Waals surface area contributed by atoms with E-state index in [1.165, 1.54) is 12.0 Å². The Hall–Kier alpha value is -3.21. The Kier molecular flexibility index (Phi) is 10.6. The van der Waals surface area contributed by atoms with Gasteiger partial charge in [0.2, 0.25) is 21.8 Å². The Morgan fingerprint density at radius 1 is 1.11 bits per heavy atom. The summed E-state index contributed by atoms with van der Waals surface area (Å²) < 4.78 is 57.8. The number of rotatable bonds is 13. The quantitative estimate of drug-likeness (QED) is 0.432. The summed E-state index contributed by atoms with van der Waals surface area (Å²) in [5.41, 5.74) is 0.724. The average molecular weight is 526 g/mol. The first-order valence-corrected chi connectivity index (χ1v) is 13.5. The summed E-state index contributed by atoms with van der Waals surface area (Å²) in [4.78, 5) is 27.3. The molecule has 0 saturated heterocycles. The van der Waals surface area contributed by atoms with Crippen molar-refractivity contribution in [1.82, 2.24) is 10.2 Å². The number of halogens is 2. The molecule has 0 aliphatic heterocycles. The zero-order valence-electron chi connectivity index (χ0n) is 21.0. The Morgan fingerprint density at radius 3 is 2.44 bits per heavy atom. The van der Waals surface area contributed by atoms with Crippen LogP contribution in [0.2, 0.25) is 0 Å². The molecule has 0 saturated carbocycles. The van der Waals surface area contributed by atoms with Gasteiger partial charge in [-0.2, -0.15) is 0 Å². The molecule has 198 valence electrons. The van der Waals surface area contributed by atoms with Crippen LogP contribution in [0, 0.1) is 11.6 Å². The van der Waals surface area contributed by atoms with Gasteiger partial charge < -0.3 is 15.0 Å². The van der Waals surface area contributed by atoms with Crippen LogP contribution < -0.4 is 14.4 Å². The van der Waals surface area contributed by atoms with Gasteiger partial charge in [-0.15, -0.1) is 0 Å². The van der Waals surface area contributed by atoms with E-state index in [0.717, 1.165) is 40.7 Å². The SMILES string of the molecule is CCCNC(=O)[C@@H](C)N(Cc1cccc(OC)c1)C(=O)CCCN(c1ccc(F)c(F)c1)S(C)(=O)=O. The third-order valence-corrected chi connectivity index (χ3v) is 6.74. The van der Waals surface area contributed by atoms with E-state index >= 15 is 0 Å². The van der Waals surface area contributed by atoms with E-state index in [-0.39, 0.29) is 43.4 Å². The van der Waals surface area contributed by atoms with Crippen molar-refractivity contribution in [2.45, 2.75) is 45.7 Å². The molecule has 2 aromatic carbocycles. The van der Waals surface area contributed by atoms with Gasteiger partial charge in [0.25, 0.3) is 0 Å². The number of methoxy groups -OCH3 is 1. The van der Waals surface area contributed by atoms with Crippen LogP contribution in [-0.2, 0) is 26.2 Å². The van der Waals surface area contributed by atoms with Gasteiger partial charge in [-0.1, -0.05) is 19.1 Å². The number of carbonyl (C=O) groups is 2. The van der Waals surface area contributed by atoms with Crippen LogP contribution >= 0.6 is 0 Å². The molecule has 2 rings (SSSR count). The zero-order chi connectivity index (χ0) is 26.9. The van der Waals surface area contributed by atoms with Crippen molar-refractivity contribution in [2.24, 2.45) is 0 Å². The lowest BCUT2D eigenvalue weighted by molar-refractivity contribution is -0.140. The number of ether oxygens (including phenoxy) is 1. The number of nitrogens with zero attached hydrogens (tertiary/aromatic N) is 2. The molecule has 0 radical (unpaired) electrons. The second kappa shape index (κ2) is 13.2. The van der Waals surface area contributed by atoms with E-state index in [9.17, 15) is 26.8 Å². The molecule has 2 aromatic rings. The minimum absolute atomic E-state index is 0.0376. The number of hydrogen-bond acceptors (Lipinski definition) is 5. The van der Waals surface area contributed by atoms with E-state index in [0.29, 0.717) is 12.3 Å². The zero-order valence-corrected chi connectivity index (χ0v) is 21.8. The molecule has 1 atom stereocenters. The fourth-order valence-electron chi connectivity index (χ4n) is 3.59. The summed E-state index contributed by atoms with van der Waals surface area (Å²) >= 11 is 0. The van der Waals surface area contributed by atoms with Crippen LogP contribution in [0.4, 0.5) is 14.5 Å². The van der Waals surface area contributed by atoms with Gasteiger partial charge in [-0.3, -0.25) is 13.9 Å². The summed E-state index contributed by atoms with van der Waals surface area (Å²) in [5, 5.41) is 2.79. The molecular weight excluding hydrogens is 492 g/mol. The van der Waals surface area contributed by atoms with Gasteiger partial charge in [-0.05, 0) is 49.6 Å². The Morgan fingerprint density at radius 2 is 1.83 bits per heavy atom. The number of carbonyl (C=O) groups excluding carboxylic acids is 2. The number of anilines is 1. The molecule has 0 unspecified atom stereocenters. The lowest BCUT2D eigenvalue weighted by atomic mass is 10.1. The number of amides is 2. The largest absolute Gasteiger partial charge is 0.497 e. The number of benzene rings is 2. The summed E-state index contributed by atoms with van der Waals surface area (Å²) in [6.45, 7) is 4.05. The number of sulfonamides is 1. The van der Waals surface area contributed by atoms with Crippen LogP contribution in [-0.4, -0.2) is 57.6 Å². The summed E-state index contributed by atoms with van der Waals surface area (Å²) in [6.07, 6.45) is 1.73. The molecule has 0 heterocycles. The number of hydrogen-bond donors (Lipinski definition) is 1. The molecule has 2 amide bonds. The third kappa shape index (κ3) is 8.18. The van der Waals surface area contributed by atoms with Crippen LogP contribution in [0.15, 0.2) is 42.5 Å². The van der Waals surface area contributed by atoms with Crippen molar-refractivity contribution in [3.63, 3.8) is 0 Å². The minimum atomic E-state index is -3.82. The molecule has 8 nitrogen and oxygen atoms in total. The van der Waals surface area contributed by atoms with Crippen LogP contribution in [0.5, 0.6) is 5.75 Å². The Labute approximate surface area is 211 Å². The highest BCUT2D eigenvalue weighted by atomic mass is 32.2. The van der Waals surface area contributed by atoms with Crippen molar-refractivity contribution in [3.8, 4) is 5.75 Å². The maximum Gasteiger partial charge on any atom is 0.242 e. The predicted octanol–water partition coefficient (Wildman–Crippen LogP) is 3.46. The van der Waals surface area contributed by atoms with Crippen molar-refractivity contribution in [1.29, 1.82) is 0 Å². The van der Waals surface area contributed by atoms with Crippen molar-refractivity contribution >= 4 is 27.5 Å². The second-order valence-electron chi connectivity index (χ2n) is 8.38. The van der Waals surface area contributed by atoms with Gasteiger partial charge in [0.1, 0.15) is 11.8 Å². The van der Waals surface area contributed by atoms with E-state index < -0.39 is 27.7 Å². The summed E-state index contributed by atoms with van der Waals surface area (Å²) in [7, 11) is -2.29. The highest BCUT2D eigenvalue weighted by Crippen LogP contribution is 2.22. The van der Waals surface area contributed by atoms with E-state index in [4.69, 9.17) is 4.74 Å². The fourth-order valence-corrected chi connectivity index (χ4v) is 4.55. The first-order valence-electron chi connectivity index (χ1n) is 11.6. The summed E-state index contributed by atoms with van der Waals surface area (Å²) in [6, 6.07) is 9.17. The molecule has 0 aliphatic rings. The maximum atomic E-state index is 13.7. The highest BCUT2D eigenvalue weighted by Gasteiger charge is 2.26. The van der Waals surface area contributed by atoms with Gasteiger partial charge in [-0.25, -0.2) is 17.2 Å². The van der Waals surface area contributed by atoms with Gasteiger partial charge in [0, 0.05) is 32.1 Å². The smallest absolute Gasteiger partial charge is 0.242 e.